The second kappa shape index (κ2) is 4.57. The maximum atomic E-state index is 11.5. The Kier molecular flexibility index (Phi) is 3.12. The smallest absolute Gasteiger partial charge is 0.255 e. The molecule has 0 aliphatic heterocycles. The van der Waals surface area contributed by atoms with E-state index in [0.717, 1.165) is 0 Å². The average molecular weight is 235 g/mol. The summed E-state index contributed by atoms with van der Waals surface area (Å²) in [7, 11) is 1.92. The fourth-order valence-corrected chi connectivity index (χ4v) is 1.55. The first-order valence-electron chi connectivity index (χ1n) is 5.65. The van der Waals surface area contributed by atoms with Crippen LogP contribution in [0.2, 0.25) is 0 Å². The van der Waals surface area contributed by atoms with Gasteiger partial charge in [0.25, 0.3) is 5.56 Å². The molecule has 6 nitrogen and oxygen atoms in total. The Hall–Kier alpha value is -1.85. The summed E-state index contributed by atoms with van der Waals surface area (Å²) in [4.78, 5) is 24.4. The number of aliphatic imine (C=N–C) groups is 1. The Morgan fingerprint density at radius 1 is 1.71 bits per heavy atom. The lowest BCUT2D eigenvalue weighted by Gasteiger charge is -2.16. The highest BCUT2D eigenvalue weighted by Gasteiger charge is 2.27. The second-order valence-electron chi connectivity index (χ2n) is 4.34. The molecule has 3 N–H and O–H groups in total. The molecule has 1 aliphatic carbocycles. The number of nitrogens with zero attached hydrogens (tertiary/aromatic N) is 3. The molecule has 0 unspecified atom stereocenters. The van der Waals surface area contributed by atoms with E-state index in [4.69, 9.17) is 5.73 Å². The molecule has 1 fully saturated rings. The van der Waals surface area contributed by atoms with Crippen molar-refractivity contribution >= 4 is 5.96 Å². The molecule has 0 radical (unpaired) electrons. The van der Waals surface area contributed by atoms with Gasteiger partial charge in [-0.25, -0.2) is 9.98 Å². The molecule has 1 saturated carbocycles. The van der Waals surface area contributed by atoms with Crippen molar-refractivity contribution in [2.24, 2.45) is 10.7 Å². The maximum absolute atomic E-state index is 11.5. The number of rotatable bonds is 3. The monoisotopic (exact) mass is 235 g/mol. The Morgan fingerprint density at radius 3 is 3.00 bits per heavy atom. The van der Waals surface area contributed by atoms with Crippen LogP contribution in [0.1, 0.15) is 24.2 Å². The quantitative estimate of drug-likeness (QED) is 0.569. The molecule has 92 valence electrons. The van der Waals surface area contributed by atoms with Crippen LogP contribution < -0.4 is 11.3 Å². The van der Waals surface area contributed by atoms with E-state index in [1.54, 1.807) is 13.1 Å². The van der Waals surface area contributed by atoms with Crippen molar-refractivity contribution in [2.45, 2.75) is 32.4 Å². The third-order valence-electron chi connectivity index (χ3n) is 2.87. The molecule has 0 saturated heterocycles. The molecule has 1 aromatic heterocycles. The number of hydrogen-bond acceptors (Lipinski definition) is 3. The van der Waals surface area contributed by atoms with Gasteiger partial charge in [0.1, 0.15) is 5.82 Å². The van der Waals surface area contributed by atoms with Gasteiger partial charge in [-0.2, -0.15) is 0 Å². The van der Waals surface area contributed by atoms with E-state index in [-0.39, 0.29) is 12.1 Å². The third-order valence-corrected chi connectivity index (χ3v) is 2.87. The minimum atomic E-state index is -0.150. The van der Waals surface area contributed by atoms with E-state index in [0.29, 0.717) is 23.4 Å². The van der Waals surface area contributed by atoms with Crippen molar-refractivity contribution in [1.29, 1.82) is 0 Å². The summed E-state index contributed by atoms with van der Waals surface area (Å²) in [6.07, 6.45) is 3.88. The SMILES string of the molecule is Cc1ncc(CN=C(N)N(C)C2CC2)c(=O)[nH]1. The van der Waals surface area contributed by atoms with Crippen molar-refractivity contribution in [3.63, 3.8) is 0 Å². The number of aromatic amines is 1. The summed E-state index contributed by atoms with van der Waals surface area (Å²) in [5.74, 6) is 1.08. The number of hydrogen-bond donors (Lipinski definition) is 2. The molecule has 1 aliphatic rings. The summed E-state index contributed by atoms with van der Waals surface area (Å²) in [6.45, 7) is 2.01. The number of H-pyrrole nitrogens is 1. The molecule has 0 spiro atoms. The fraction of sp³-hybridized carbons (Fsp3) is 0.545. The van der Waals surface area contributed by atoms with Gasteiger partial charge in [-0.3, -0.25) is 4.79 Å². The van der Waals surface area contributed by atoms with E-state index in [9.17, 15) is 4.79 Å². The van der Waals surface area contributed by atoms with Crippen LogP contribution in [0.15, 0.2) is 16.0 Å². The fourth-order valence-electron chi connectivity index (χ4n) is 1.55. The number of guanidine groups is 1. The van der Waals surface area contributed by atoms with Crippen LogP contribution in [0.3, 0.4) is 0 Å². The van der Waals surface area contributed by atoms with Crippen LogP contribution in [-0.4, -0.2) is 33.9 Å². The number of nitrogens with two attached hydrogens (primary N) is 1. The van der Waals surface area contributed by atoms with E-state index < -0.39 is 0 Å². The van der Waals surface area contributed by atoms with Crippen molar-refractivity contribution < 1.29 is 0 Å². The Bertz CT molecular complexity index is 489. The predicted molar refractivity (Wildman–Crippen MR) is 65.7 cm³/mol. The molecule has 17 heavy (non-hydrogen) atoms. The summed E-state index contributed by atoms with van der Waals surface area (Å²) < 4.78 is 0. The van der Waals surface area contributed by atoms with Gasteiger partial charge in [0.15, 0.2) is 5.96 Å². The van der Waals surface area contributed by atoms with Crippen LogP contribution in [0, 0.1) is 6.92 Å². The molecule has 0 atom stereocenters. The lowest BCUT2D eigenvalue weighted by atomic mass is 10.3. The Balaban J connectivity index is 2.05. The van der Waals surface area contributed by atoms with Crippen molar-refractivity contribution in [1.82, 2.24) is 14.9 Å². The first-order chi connectivity index (χ1) is 8.08. The van der Waals surface area contributed by atoms with Crippen molar-refractivity contribution in [3.05, 3.63) is 27.9 Å². The van der Waals surface area contributed by atoms with Crippen molar-refractivity contribution in [2.75, 3.05) is 7.05 Å². The summed E-state index contributed by atoms with van der Waals surface area (Å²) in [5, 5.41) is 0. The van der Waals surface area contributed by atoms with Gasteiger partial charge in [0.2, 0.25) is 0 Å². The van der Waals surface area contributed by atoms with Crippen LogP contribution in [0.4, 0.5) is 0 Å². The largest absolute Gasteiger partial charge is 0.370 e. The minimum absolute atomic E-state index is 0.150. The van der Waals surface area contributed by atoms with Gasteiger partial charge in [0.05, 0.1) is 12.1 Å². The second-order valence-corrected chi connectivity index (χ2v) is 4.34. The summed E-state index contributed by atoms with van der Waals surface area (Å²) in [5.41, 5.74) is 6.21. The van der Waals surface area contributed by atoms with Crippen LogP contribution in [0.25, 0.3) is 0 Å². The average Bonchev–Trinajstić information content (AvgIpc) is 3.10. The van der Waals surface area contributed by atoms with Gasteiger partial charge in [-0.15, -0.1) is 0 Å². The molecule has 6 heteroatoms. The highest BCUT2D eigenvalue weighted by Crippen LogP contribution is 2.24. The summed E-state index contributed by atoms with van der Waals surface area (Å²) >= 11 is 0. The normalized spacial score (nSPS) is 16.0. The number of aromatic nitrogens is 2. The summed E-state index contributed by atoms with van der Waals surface area (Å²) in [6, 6.07) is 0.521. The topological polar surface area (TPSA) is 87.4 Å². The minimum Gasteiger partial charge on any atom is -0.370 e. The van der Waals surface area contributed by atoms with Gasteiger partial charge < -0.3 is 15.6 Å². The third kappa shape index (κ3) is 2.83. The zero-order valence-corrected chi connectivity index (χ0v) is 10.1. The van der Waals surface area contributed by atoms with Gasteiger partial charge in [-0.05, 0) is 19.8 Å². The van der Waals surface area contributed by atoms with Gasteiger partial charge in [0, 0.05) is 19.3 Å². The maximum Gasteiger partial charge on any atom is 0.255 e. The zero-order chi connectivity index (χ0) is 12.4. The van der Waals surface area contributed by atoms with E-state index >= 15 is 0 Å². The van der Waals surface area contributed by atoms with Crippen LogP contribution >= 0.6 is 0 Å². The standard InChI is InChI=1S/C11H17N5O/c1-7-13-5-8(10(17)15-7)6-14-11(12)16(2)9-3-4-9/h5,9H,3-4,6H2,1-2H3,(H2,12,14)(H,13,15,17). The van der Waals surface area contributed by atoms with Gasteiger partial charge in [-0.1, -0.05) is 0 Å². The lowest BCUT2D eigenvalue weighted by Crippen LogP contribution is -2.35. The van der Waals surface area contributed by atoms with E-state index in [1.165, 1.54) is 12.8 Å². The number of aryl methyl sites for hydroxylation is 1. The highest BCUT2D eigenvalue weighted by atomic mass is 16.1. The molecule has 1 aromatic rings. The lowest BCUT2D eigenvalue weighted by molar-refractivity contribution is 0.487. The highest BCUT2D eigenvalue weighted by molar-refractivity contribution is 5.78. The molecule has 0 amide bonds. The molecular weight excluding hydrogens is 218 g/mol. The van der Waals surface area contributed by atoms with Crippen molar-refractivity contribution in [3.8, 4) is 0 Å². The predicted octanol–water partition coefficient (Wildman–Crippen LogP) is -0.0128. The molecule has 2 rings (SSSR count). The molecular formula is C11H17N5O. The molecule has 1 heterocycles. The Morgan fingerprint density at radius 2 is 2.41 bits per heavy atom. The van der Waals surface area contributed by atoms with E-state index in [1.807, 2.05) is 11.9 Å². The first kappa shape index (κ1) is 11.6. The Labute approximate surface area is 99.6 Å². The van der Waals surface area contributed by atoms with E-state index in [2.05, 4.69) is 15.0 Å². The number of nitrogens with one attached hydrogen (secondary N) is 1. The first-order valence-corrected chi connectivity index (χ1v) is 5.65. The van der Waals surface area contributed by atoms with Crippen LogP contribution in [-0.2, 0) is 6.54 Å². The van der Waals surface area contributed by atoms with Crippen LogP contribution in [0.5, 0.6) is 0 Å². The van der Waals surface area contributed by atoms with Gasteiger partial charge >= 0.3 is 0 Å². The molecule has 0 bridgehead atoms. The molecule has 0 aromatic carbocycles. The zero-order valence-electron chi connectivity index (χ0n) is 10.1.